The Morgan fingerprint density at radius 2 is 2.29 bits per heavy atom. The molecule has 1 aromatic rings. The van der Waals surface area contributed by atoms with E-state index in [0.717, 1.165) is 19.3 Å². The van der Waals surface area contributed by atoms with E-state index in [4.69, 9.17) is 11.6 Å². The molecule has 0 aliphatic heterocycles. The lowest BCUT2D eigenvalue weighted by atomic mass is 10.0. The molecule has 4 heteroatoms. The van der Waals surface area contributed by atoms with Crippen LogP contribution in [0.5, 0.6) is 0 Å². The Hall–Kier alpha value is -1.35. The summed E-state index contributed by atoms with van der Waals surface area (Å²) in [6.07, 6.45) is 6.92. The van der Waals surface area contributed by atoms with Crippen LogP contribution in [-0.4, -0.2) is 11.9 Å². The second kappa shape index (κ2) is 5.32. The van der Waals surface area contributed by atoms with Gasteiger partial charge in [-0.15, -0.1) is 0 Å². The molecular weight excluding hydrogens is 241 g/mol. The van der Waals surface area contributed by atoms with Crippen molar-refractivity contribution in [3.05, 3.63) is 46.8 Å². The van der Waals surface area contributed by atoms with Crippen LogP contribution < -0.4 is 5.32 Å². The number of carbonyl (C=O) groups is 1. The smallest absolute Gasteiger partial charge is 0.256 e. The van der Waals surface area contributed by atoms with Gasteiger partial charge in [0.15, 0.2) is 0 Å². The minimum atomic E-state index is -0.588. The van der Waals surface area contributed by atoms with Crippen LogP contribution >= 0.6 is 11.6 Å². The number of amides is 1. The highest BCUT2D eigenvalue weighted by molar-refractivity contribution is 6.33. The van der Waals surface area contributed by atoms with E-state index in [2.05, 4.69) is 5.32 Å². The fourth-order valence-electron chi connectivity index (χ4n) is 1.89. The maximum Gasteiger partial charge on any atom is 0.256 e. The fourth-order valence-corrected chi connectivity index (χ4v) is 2.14. The molecule has 17 heavy (non-hydrogen) atoms. The Kier molecular flexibility index (Phi) is 3.79. The molecule has 1 aromatic carbocycles. The average Bonchev–Trinajstić information content (AvgIpc) is 2.30. The first-order valence-electron chi connectivity index (χ1n) is 5.60. The molecule has 0 saturated carbocycles. The van der Waals surface area contributed by atoms with Gasteiger partial charge in [0.1, 0.15) is 5.82 Å². The van der Waals surface area contributed by atoms with E-state index < -0.39 is 11.7 Å². The highest BCUT2D eigenvalue weighted by atomic mass is 35.5. The van der Waals surface area contributed by atoms with Crippen molar-refractivity contribution >= 4 is 17.5 Å². The zero-order valence-electron chi connectivity index (χ0n) is 9.25. The van der Waals surface area contributed by atoms with Crippen LogP contribution in [-0.2, 0) is 0 Å². The Morgan fingerprint density at radius 3 is 2.94 bits per heavy atom. The van der Waals surface area contributed by atoms with Gasteiger partial charge in [-0.3, -0.25) is 4.79 Å². The first-order valence-corrected chi connectivity index (χ1v) is 5.98. The number of carbonyl (C=O) groups excluding carboxylic acids is 1. The molecule has 0 aromatic heterocycles. The molecule has 0 radical (unpaired) electrons. The molecule has 0 saturated heterocycles. The fraction of sp³-hybridized carbons (Fsp3) is 0.308. The van der Waals surface area contributed by atoms with Crippen molar-refractivity contribution < 1.29 is 9.18 Å². The van der Waals surface area contributed by atoms with E-state index in [0.29, 0.717) is 0 Å². The molecule has 1 unspecified atom stereocenters. The van der Waals surface area contributed by atoms with Gasteiger partial charge in [0.25, 0.3) is 5.91 Å². The van der Waals surface area contributed by atoms with E-state index >= 15 is 0 Å². The Balaban J connectivity index is 2.14. The van der Waals surface area contributed by atoms with E-state index in [1.165, 1.54) is 18.2 Å². The van der Waals surface area contributed by atoms with E-state index in [-0.39, 0.29) is 16.6 Å². The Labute approximate surface area is 104 Å². The lowest BCUT2D eigenvalue weighted by Gasteiger charge is -2.18. The van der Waals surface area contributed by atoms with Crippen LogP contribution in [0.1, 0.15) is 29.6 Å². The summed E-state index contributed by atoms with van der Waals surface area (Å²) in [6.45, 7) is 0. The predicted octanol–water partition coefficient (Wildman–Crippen LogP) is 3.32. The Morgan fingerprint density at radius 1 is 1.47 bits per heavy atom. The molecule has 1 aliphatic carbocycles. The molecule has 90 valence electrons. The molecule has 1 N–H and O–H groups in total. The van der Waals surface area contributed by atoms with Crippen molar-refractivity contribution in [1.29, 1.82) is 0 Å². The van der Waals surface area contributed by atoms with Crippen molar-refractivity contribution in [2.24, 2.45) is 0 Å². The number of hydrogen-bond donors (Lipinski definition) is 1. The zero-order chi connectivity index (χ0) is 12.3. The van der Waals surface area contributed by atoms with Crippen LogP contribution in [0.15, 0.2) is 30.4 Å². The minimum absolute atomic E-state index is 0.0214. The molecule has 1 aliphatic rings. The third-order valence-corrected chi connectivity index (χ3v) is 3.08. The van der Waals surface area contributed by atoms with Crippen LogP contribution in [0.2, 0.25) is 5.02 Å². The van der Waals surface area contributed by atoms with E-state index in [1.807, 2.05) is 12.2 Å². The molecule has 2 nitrogen and oxygen atoms in total. The SMILES string of the molecule is O=C(NC1C=CCCC1)c1c(F)cccc1Cl. The van der Waals surface area contributed by atoms with Gasteiger partial charge in [0, 0.05) is 6.04 Å². The number of allylic oxidation sites excluding steroid dienone is 1. The summed E-state index contributed by atoms with van der Waals surface area (Å²) in [5.74, 6) is -1.04. The largest absolute Gasteiger partial charge is 0.346 e. The van der Waals surface area contributed by atoms with Gasteiger partial charge in [-0.1, -0.05) is 29.8 Å². The van der Waals surface area contributed by atoms with Gasteiger partial charge in [-0.05, 0) is 31.4 Å². The topological polar surface area (TPSA) is 29.1 Å². The second-order valence-corrected chi connectivity index (χ2v) is 4.44. The highest BCUT2D eigenvalue weighted by Gasteiger charge is 2.18. The molecule has 0 fully saturated rings. The van der Waals surface area contributed by atoms with E-state index in [9.17, 15) is 9.18 Å². The summed E-state index contributed by atoms with van der Waals surface area (Å²) in [7, 11) is 0. The number of halogens is 2. The number of benzene rings is 1. The maximum atomic E-state index is 13.5. The molecule has 0 heterocycles. The van der Waals surface area contributed by atoms with Crippen molar-refractivity contribution in [3.8, 4) is 0 Å². The van der Waals surface area contributed by atoms with Crippen molar-refractivity contribution in [3.63, 3.8) is 0 Å². The van der Waals surface area contributed by atoms with Crippen LogP contribution in [0, 0.1) is 5.82 Å². The van der Waals surface area contributed by atoms with Gasteiger partial charge in [0.2, 0.25) is 0 Å². The summed E-state index contributed by atoms with van der Waals surface area (Å²) in [5, 5.41) is 2.91. The summed E-state index contributed by atoms with van der Waals surface area (Å²) < 4.78 is 13.5. The van der Waals surface area contributed by atoms with Crippen LogP contribution in [0.4, 0.5) is 4.39 Å². The van der Waals surface area contributed by atoms with Crippen LogP contribution in [0.3, 0.4) is 0 Å². The second-order valence-electron chi connectivity index (χ2n) is 4.04. The Bertz CT molecular complexity index is 438. The monoisotopic (exact) mass is 253 g/mol. The first-order chi connectivity index (χ1) is 8.18. The molecule has 2 rings (SSSR count). The third kappa shape index (κ3) is 2.86. The lowest BCUT2D eigenvalue weighted by molar-refractivity contribution is 0.0938. The third-order valence-electron chi connectivity index (χ3n) is 2.76. The normalized spacial score (nSPS) is 19.1. The van der Waals surface area contributed by atoms with Gasteiger partial charge < -0.3 is 5.32 Å². The summed E-state index contributed by atoms with van der Waals surface area (Å²) in [5.41, 5.74) is -0.0758. The van der Waals surface area contributed by atoms with Gasteiger partial charge in [-0.25, -0.2) is 4.39 Å². The number of hydrogen-bond acceptors (Lipinski definition) is 1. The van der Waals surface area contributed by atoms with Gasteiger partial charge in [-0.2, -0.15) is 0 Å². The molecule has 1 amide bonds. The maximum absolute atomic E-state index is 13.5. The molecule has 0 spiro atoms. The number of rotatable bonds is 2. The minimum Gasteiger partial charge on any atom is -0.346 e. The van der Waals surface area contributed by atoms with Gasteiger partial charge in [0.05, 0.1) is 10.6 Å². The van der Waals surface area contributed by atoms with Crippen molar-refractivity contribution in [2.45, 2.75) is 25.3 Å². The average molecular weight is 254 g/mol. The summed E-state index contributed by atoms with van der Waals surface area (Å²) >= 11 is 5.82. The molecule has 0 bridgehead atoms. The first kappa shape index (κ1) is 12.1. The highest BCUT2D eigenvalue weighted by Crippen LogP contribution is 2.19. The lowest BCUT2D eigenvalue weighted by Crippen LogP contribution is -2.34. The standard InChI is InChI=1S/C13H13ClFNO/c14-10-7-4-8-11(15)12(10)13(17)16-9-5-2-1-3-6-9/h2,4-5,7-9H,1,3,6H2,(H,16,17). The zero-order valence-corrected chi connectivity index (χ0v) is 10.0. The van der Waals surface area contributed by atoms with Crippen molar-refractivity contribution in [1.82, 2.24) is 5.32 Å². The van der Waals surface area contributed by atoms with Crippen molar-refractivity contribution in [2.75, 3.05) is 0 Å². The number of nitrogens with one attached hydrogen (secondary N) is 1. The molecule has 1 atom stereocenters. The summed E-state index contributed by atoms with van der Waals surface area (Å²) in [4.78, 5) is 11.9. The van der Waals surface area contributed by atoms with Gasteiger partial charge >= 0.3 is 0 Å². The summed E-state index contributed by atoms with van der Waals surface area (Å²) in [6, 6.07) is 4.20. The van der Waals surface area contributed by atoms with E-state index in [1.54, 1.807) is 0 Å². The quantitative estimate of drug-likeness (QED) is 0.805. The predicted molar refractivity (Wildman–Crippen MR) is 65.7 cm³/mol. The van der Waals surface area contributed by atoms with Crippen LogP contribution in [0.25, 0.3) is 0 Å². The molecular formula is C13H13ClFNO.